The Morgan fingerprint density at radius 3 is 2.67 bits per heavy atom. The van der Waals surface area contributed by atoms with E-state index in [0.717, 1.165) is 43.4 Å². The van der Waals surface area contributed by atoms with Gasteiger partial charge in [-0.15, -0.1) is 11.3 Å². The summed E-state index contributed by atoms with van der Waals surface area (Å²) >= 11 is 1.65. The standard InChI is InChI=1S/C17H25NO2S/c19-16(18-12-17(20)9-5-2-6-10-17)15-11-13-7-3-1-4-8-14(13)21-15/h11,20H,1-10,12H2,(H,18,19). The van der Waals surface area contributed by atoms with Gasteiger partial charge in [0, 0.05) is 11.4 Å². The third kappa shape index (κ3) is 3.67. The Kier molecular flexibility index (Phi) is 4.65. The largest absolute Gasteiger partial charge is 0.388 e. The highest BCUT2D eigenvalue weighted by molar-refractivity contribution is 7.14. The first-order valence-corrected chi connectivity index (χ1v) is 9.10. The topological polar surface area (TPSA) is 49.3 Å². The maximum absolute atomic E-state index is 12.3. The Morgan fingerprint density at radius 1 is 1.14 bits per heavy atom. The molecule has 0 unspecified atom stereocenters. The maximum Gasteiger partial charge on any atom is 0.261 e. The van der Waals surface area contributed by atoms with Crippen molar-refractivity contribution in [3.8, 4) is 0 Å². The van der Waals surface area contributed by atoms with Crippen LogP contribution in [0.5, 0.6) is 0 Å². The van der Waals surface area contributed by atoms with Gasteiger partial charge in [0.15, 0.2) is 0 Å². The smallest absolute Gasteiger partial charge is 0.261 e. The molecule has 116 valence electrons. The average Bonchev–Trinajstić information content (AvgIpc) is 2.77. The summed E-state index contributed by atoms with van der Waals surface area (Å²) in [6.45, 7) is 0.397. The summed E-state index contributed by atoms with van der Waals surface area (Å²) in [5.41, 5.74) is 0.696. The first-order valence-electron chi connectivity index (χ1n) is 8.28. The normalized spacial score (nSPS) is 21.4. The van der Waals surface area contributed by atoms with Gasteiger partial charge < -0.3 is 10.4 Å². The fourth-order valence-electron chi connectivity index (χ4n) is 3.50. The minimum atomic E-state index is -0.678. The van der Waals surface area contributed by atoms with E-state index in [1.807, 2.05) is 0 Å². The van der Waals surface area contributed by atoms with Crippen molar-refractivity contribution in [2.45, 2.75) is 69.8 Å². The molecule has 0 aromatic carbocycles. The van der Waals surface area contributed by atoms with Crippen LogP contribution in [-0.2, 0) is 12.8 Å². The van der Waals surface area contributed by atoms with E-state index in [1.165, 1.54) is 36.1 Å². The molecule has 0 bridgehead atoms. The van der Waals surface area contributed by atoms with Gasteiger partial charge in [-0.1, -0.05) is 25.7 Å². The van der Waals surface area contributed by atoms with E-state index in [-0.39, 0.29) is 5.91 Å². The predicted molar refractivity (Wildman–Crippen MR) is 85.9 cm³/mol. The van der Waals surface area contributed by atoms with Crippen LogP contribution in [0, 0.1) is 0 Å². The van der Waals surface area contributed by atoms with Gasteiger partial charge in [-0.25, -0.2) is 0 Å². The molecule has 2 N–H and O–H groups in total. The zero-order valence-electron chi connectivity index (χ0n) is 12.6. The Bertz CT molecular complexity index is 479. The molecule has 3 nitrogen and oxygen atoms in total. The highest BCUT2D eigenvalue weighted by Crippen LogP contribution is 2.30. The number of hydrogen-bond donors (Lipinski definition) is 2. The summed E-state index contributed by atoms with van der Waals surface area (Å²) in [5, 5.41) is 13.4. The number of fused-ring (bicyclic) bond motifs is 1. The Hall–Kier alpha value is -0.870. The third-order valence-corrected chi connectivity index (χ3v) is 6.07. The van der Waals surface area contributed by atoms with Gasteiger partial charge in [0.1, 0.15) is 0 Å². The summed E-state index contributed by atoms with van der Waals surface area (Å²) in [6.07, 6.45) is 11.0. The summed E-state index contributed by atoms with van der Waals surface area (Å²) in [6, 6.07) is 2.07. The number of thiophene rings is 1. The Morgan fingerprint density at radius 2 is 1.86 bits per heavy atom. The molecular formula is C17H25NO2S. The van der Waals surface area contributed by atoms with Crippen LogP contribution in [0.25, 0.3) is 0 Å². The molecule has 1 amide bonds. The maximum atomic E-state index is 12.3. The van der Waals surface area contributed by atoms with Crippen LogP contribution in [-0.4, -0.2) is 23.2 Å². The number of rotatable bonds is 3. The fourth-order valence-corrected chi connectivity index (χ4v) is 4.67. The van der Waals surface area contributed by atoms with Gasteiger partial charge in [-0.2, -0.15) is 0 Å². The molecule has 21 heavy (non-hydrogen) atoms. The number of nitrogens with one attached hydrogen (secondary N) is 1. The number of aryl methyl sites for hydroxylation is 2. The van der Waals surface area contributed by atoms with Crippen LogP contribution in [0.4, 0.5) is 0 Å². The minimum Gasteiger partial charge on any atom is -0.388 e. The molecule has 3 rings (SSSR count). The van der Waals surface area contributed by atoms with Gasteiger partial charge in [-0.3, -0.25) is 4.79 Å². The third-order valence-electron chi connectivity index (χ3n) is 4.83. The Balaban J connectivity index is 1.60. The predicted octanol–water partition coefficient (Wildman–Crippen LogP) is 3.44. The lowest BCUT2D eigenvalue weighted by atomic mass is 9.85. The first kappa shape index (κ1) is 15.0. The SMILES string of the molecule is O=C(NCC1(O)CCCCC1)c1cc2c(s1)CCCCC2. The zero-order valence-corrected chi connectivity index (χ0v) is 13.4. The molecule has 0 spiro atoms. The number of carbonyl (C=O) groups is 1. The van der Waals surface area contributed by atoms with Crippen molar-refractivity contribution >= 4 is 17.2 Å². The lowest BCUT2D eigenvalue weighted by molar-refractivity contribution is 0.00529. The molecule has 0 radical (unpaired) electrons. The number of aliphatic hydroxyl groups is 1. The molecule has 1 saturated carbocycles. The van der Waals surface area contributed by atoms with Crippen molar-refractivity contribution in [3.05, 3.63) is 21.4 Å². The van der Waals surface area contributed by atoms with Crippen molar-refractivity contribution in [2.75, 3.05) is 6.54 Å². The molecule has 2 aliphatic carbocycles. The highest BCUT2D eigenvalue weighted by Gasteiger charge is 2.29. The molecule has 1 aromatic heterocycles. The summed E-state index contributed by atoms with van der Waals surface area (Å²) in [4.78, 5) is 14.5. The van der Waals surface area contributed by atoms with Crippen molar-refractivity contribution < 1.29 is 9.90 Å². The van der Waals surface area contributed by atoms with Gasteiger partial charge in [0.25, 0.3) is 5.91 Å². The van der Waals surface area contributed by atoms with E-state index in [4.69, 9.17) is 0 Å². The molecule has 1 heterocycles. The summed E-state index contributed by atoms with van der Waals surface area (Å²) < 4.78 is 0. The lowest BCUT2D eigenvalue weighted by Gasteiger charge is -2.32. The monoisotopic (exact) mass is 307 g/mol. The molecule has 4 heteroatoms. The van der Waals surface area contributed by atoms with Crippen molar-refractivity contribution in [1.82, 2.24) is 5.32 Å². The second kappa shape index (κ2) is 6.49. The van der Waals surface area contributed by atoms with E-state index in [9.17, 15) is 9.90 Å². The van der Waals surface area contributed by atoms with Gasteiger partial charge >= 0.3 is 0 Å². The quantitative estimate of drug-likeness (QED) is 0.840. The summed E-state index contributed by atoms with van der Waals surface area (Å²) in [7, 11) is 0. The van der Waals surface area contributed by atoms with Crippen LogP contribution in [0.3, 0.4) is 0 Å². The van der Waals surface area contributed by atoms with Crippen LogP contribution < -0.4 is 5.32 Å². The lowest BCUT2D eigenvalue weighted by Crippen LogP contribution is -2.44. The van der Waals surface area contributed by atoms with Crippen LogP contribution in [0.2, 0.25) is 0 Å². The van der Waals surface area contributed by atoms with Crippen LogP contribution in [0.1, 0.15) is 71.5 Å². The van der Waals surface area contributed by atoms with E-state index >= 15 is 0 Å². The summed E-state index contributed by atoms with van der Waals surface area (Å²) in [5.74, 6) is -0.00734. The first-order chi connectivity index (χ1) is 10.2. The molecule has 1 aromatic rings. The zero-order chi connectivity index (χ0) is 14.7. The molecule has 2 aliphatic rings. The second-order valence-corrected chi connectivity index (χ2v) is 7.72. The van der Waals surface area contributed by atoms with E-state index in [0.29, 0.717) is 6.54 Å². The minimum absolute atomic E-state index is 0.00734. The second-order valence-electron chi connectivity index (χ2n) is 6.59. The number of carbonyl (C=O) groups excluding carboxylic acids is 1. The molecular weight excluding hydrogens is 282 g/mol. The van der Waals surface area contributed by atoms with Crippen molar-refractivity contribution in [1.29, 1.82) is 0 Å². The van der Waals surface area contributed by atoms with E-state index in [2.05, 4.69) is 11.4 Å². The average molecular weight is 307 g/mol. The fraction of sp³-hybridized carbons (Fsp3) is 0.706. The number of amides is 1. The Labute approximate surface area is 130 Å². The number of hydrogen-bond acceptors (Lipinski definition) is 3. The van der Waals surface area contributed by atoms with Gasteiger partial charge in [0.2, 0.25) is 0 Å². The molecule has 0 atom stereocenters. The molecule has 0 aliphatic heterocycles. The molecule has 1 fully saturated rings. The molecule has 0 saturated heterocycles. The van der Waals surface area contributed by atoms with Gasteiger partial charge in [-0.05, 0) is 50.2 Å². The van der Waals surface area contributed by atoms with Crippen LogP contribution >= 0.6 is 11.3 Å². The van der Waals surface area contributed by atoms with Gasteiger partial charge in [0.05, 0.1) is 10.5 Å². The van der Waals surface area contributed by atoms with Crippen molar-refractivity contribution in [3.63, 3.8) is 0 Å². The van der Waals surface area contributed by atoms with Crippen molar-refractivity contribution in [2.24, 2.45) is 0 Å². The van der Waals surface area contributed by atoms with E-state index in [1.54, 1.807) is 11.3 Å². The van der Waals surface area contributed by atoms with Crippen LogP contribution in [0.15, 0.2) is 6.07 Å². The van der Waals surface area contributed by atoms with E-state index < -0.39 is 5.60 Å². The highest BCUT2D eigenvalue weighted by atomic mass is 32.1.